The van der Waals surface area contributed by atoms with Crippen LogP contribution in [0.25, 0.3) is 0 Å². The summed E-state index contributed by atoms with van der Waals surface area (Å²) in [5, 5.41) is 12.5. The number of likely N-dealkylation sites (tertiary alicyclic amines) is 1. The highest BCUT2D eigenvalue weighted by molar-refractivity contribution is 5.21. The molecule has 1 aliphatic heterocycles. The van der Waals surface area contributed by atoms with Crippen molar-refractivity contribution in [1.82, 2.24) is 10.2 Å². The van der Waals surface area contributed by atoms with Gasteiger partial charge in [0.25, 0.3) is 0 Å². The minimum atomic E-state index is -0.335. The predicted octanol–water partition coefficient (Wildman–Crippen LogP) is 3.15. The fourth-order valence-electron chi connectivity index (χ4n) is 3.31. The fourth-order valence-corrected chi connectivity index (χ4v) is 3.31. The third-order valence-corrected chi connectivity index (χ3v) is 4.92. The van der Waals surface area contributed by atoms with Gasteiger partial charge in [-0.05, 0) is 57.3 Å². The molecule has 3 heteroatoms. The predicted molar refractivity (Wildman–Crippen MR) is 87.2 cm³/mol. The average molecular weight is 285 g/mol. The number of nitriles is 1. The lowest BCUT2D eigenvalue weighted by Crippen LogP contribution is -2.41. The normalized spacial score (nSPS) is 21.9. The van der Waals surface area contributed by atoms with Crippen LogP contribution in [0.4, 0.5) is 0 Å². The van der Waals surface area contributed by atoms with Crippen LogP contribution < -0.4 is 5.32 Å². The van der Waals surface area contributed by atoms with Gasteiger partial charge in [-0.15, -0.1) is 0 Å². The Kier molecular flexibility index (Phi) is 5.78. The van der Waals surface area contributed by atoms with Gasteiger partial charge in [0.2, 0.25) is 0 Å². The van der Waals surface area contributed by atoms with Crippen LogP contribution in [0.1, 0.15) is 44.1 Å². The molecule has 0 saturated carbocycles. The number of rotatable bonds is 7. The van der Waals surface area contributed by atoms with Crippen LogP contribution in [0.5, 0.6) is 0 Å². The first-order valence-corrected chi connectivity index (χ1v) is 8.10. The second kappa shape index (κ2) is 7.59. The quantitative estimate of drug-likeness (QED) is 0.836. The topological polar surface area (TPSA) is 39.1 Å². The smallest absolute Gasteiger partial charge is 0.106 e. The number of nitrogens with zero attached hydrogens (tertiary/aromatic N) is 2. The minimum absolute atomic E-state index is 0.335. The molecule has 2 unspecified atom stereocenters. The second-order valence-electron chi connectivity index (χ2n) is 6.10. The van der Waals surface area contributed by atoms with Crippen molar-refractivity contribution in [3.05, 3.63) is 35.9 Å². The van der Waals surface area contributed by atoms with E-state index in [0.29, 0.717) is 5.92 Å². The molecule has 21 heavy (non-hydrogen) atoms. The van der Waals surface area contributed by atoms with Crippen molar-refractivity contribution in [1.29, 1.82) is 5.26 Å². The van der Waals surface area contributed by atoms with Gasteiger partial charge in [-0.2, -0.15) is 5.26 Å². The number of benzene rings is 1. The Hall–Kier alpha value is -1.37. The van der Waals surface area contributed by atoms with Crippen LogP contribution in [0.15, 0.2) is 30.3 Å². The first-order chi connectivity index (χ1) is 10.2. The molecule has 1 N–H and O–H groups in total. The fraction of sp³-hybridized carbons (Fsp3) is 0.611. The molecule has 0 bridgehead atoms. The highest BCUT2D eigenvalue weighted by Crippen LogP contribution is 2.27. The van der Waals surface area contributed by atoms with Crippen molar-refractivity contribution in [2.75, 3.05) is 26.7 Å². The third-order valence-electron chi connectivity index (χ3n) is 4.92. The van der Waals surface area contributed by atoms with Gasteiger partial charge in [-0.25, -0.2) is 0 Å². The molecule has 114 valence electrons. The van der Waals surface area contributed by atoms with E-state index in [4.69, 9.17) is 0 Å². The molecular weight excluding hydrogens is 258 g/mol. The molecule has 0 spiro atoms. The number of nitrogens with one attached hydrogen (secondary N) is 1. The van der Waals surface area contributed by atoms with E-state index in [9.17, 15) is 5.26 Å². The first-order valence-electron chi connectivity index (χ1n) is 8.10. The lowest BCUT2D eigenvalue weighted by molar-refractivity contribution is 0.299. The largest absolute Gasteiger partial charge is 0.303 e. The first kappa shape index (κ1) is 16.0. The molecule has 0 aliphatic carbocycles. The third kappa shape index (κ3) is 4.06. The molecule has 2 atom stereocenters. The second-order valence-corrected chi connectivity index (χ2v) is 6.10. The molecule has 1 aliphatic rings. The van der Waals surface area contributed by atoms with Crippen LogP contribution in [0.2, 0.25) is 0 Å². The summed E-state index contributed by atoms with van der Waals surface area (Å²) >= 11 is 0. The zero-order chi connectivity index (χ0) is 15.1. The lowest BCUT2D eigenvalue weighted by Gasteiger charge is -2.25. The van der Waals surface area contributed by atoms with Gasteiger partial charge in [-0.3, -0.25) is 0 Å². The van der Waals surface area contributed by atoms with Crippen LogP contribution in [0, 0.1) is 11.3 Å². The molecule has 2 rings (SSSR count). The monoisotopic (exact) mass is 285 g/mol. The molecule has 0 radical (unpaired) electrons. The zero-order valence-corrected chi connectivity index (χ0v) is 13.3. The van der Waals surface area contributed by atoms with E-state index in [1.165, 1.54) is 18.5 Å². The van der Waals surface area contributed by atoms with Crippen LogP contribution in [-0.2, 0) is 0 Å². The maximum atomic E-state index is 9.33. The summed E-state index contributed by atoms with van der Waals surface area (Å²) in [6, 6.07) is 13.3. The summed E-state index contributed by atoms with van der Waals surface area (Å²) < 4.78 is 0. The van der Waals surface area contributed by atoms with Crippen molar-refractivity contribution in [2.24, 2.45) is 0 Å². The van der Waals surface area contributed by atoms with E-state index in [2.05, 4.69) is 53.5 Å². The van der Waals surface area contributed by atoms with E-state index >= 15 is 0 Å². The Balaban J connectivity index is 1.78. The van der Waals surface area contributed by atoms with E-state index < -0.39 is 0 Å². The van der Waals surface area contributed by atoms with E-state index in [0.717, 1.165) is 32.4 Å². The summed E-state index contributed by atoms with van der Waals surface area (Å²) in [5.74, 6) is 0.683. The van der Waals surface area contributed by atoms with Gasteiger partial charge in [0.1, 0.15) is 5.54 Å². The van der Waals surface area contributed by atoms with Gasteiger partial charge in [0.05, 0.1) is 6.07 Å². The van der Waals surface area contributed by atoms with Crippen molar-refractivity contribution >= 4 is 0 Å². The molecule has 1 heterocycles. The van der Waals surface area contributed by atoms with Gasteiger partial charge >= 0.3 is 0 Å². The highest BCUT2D eigenvalue weighted by atomic mass is 15.1. The summed E-state index contributed by atoms with van der Waals surface area (Å²) in [5.41, 5.74) is 1.13. The van der Waals surface area contributed by atoms with Crippen molar-refractivity contribution in [3.8, 4) is 6.07 Å². The van der Waals surface area contributed by atoms with Gasteiger partial charge in [0.15, 0.2) is 0 Å². The van der Waals surface area contributed by atoms with Gasteiger partial charge in [-0.1, -0.05) is 37.3 Å². The molecule has 1 saturated heterocycles. The molecule has 0 amide bonds. The maximum Gasteiger partial charge on any atom is 0.106 e. The van der Waals surface area contributed by atoms with Crippen molar-refractivity contribution in [2.45, 2.75) is 44.1 Å². The molecular formula is C18H27N3. The van der Waals surface area contributed by atoms with Crippen molar-refractivity contribution in [3.63, 3.8) is 0 Å². The maximum absolute atomic E-state index is 9.33. The molecule has 0 aromatic heterocycles. The highest BCUT2D eigenvalue weighted by Gasteiger charge is 2.27. The van der Waals surface area contributed by atoms with Crippen LogP contribution in [0.3, 0.4) is 0 Å². The summed E-state index contributed by atoms with van der Waals surface area (Å²) in [6.45, 7) is 5.54. The molecule has 1 aromatic rings. The molecule has 1 fully saturated rings. The summed E-state index contributed by atoms with van der Waals surface area (Å²) in [7, 11) is 1.90. The number of hydrogen-bond donors (Lipinski definition) is 1. The SMILES string of the molecule is CCC(C#N)(CCCN1CCC(c2ccccc2)C1)NC. The molecule has 3 nitrogen and oxygen atoms in total. The standard InChI is InChI=1S/C18H27N3/c1-3-18(15-19,20-2)11-7-12-21-13-10-17(14-21)16-8-5-4-6-9-16/h4-6,8-9,17,20H,3,7,10-14H2,1-2H3. The van der Waals surface area contributed by atoms with E-state index in [-0.39, 0.29) is 5.54 Å². The zero-order valence-electron chi connectivity index (χ0n) is 13.3. The van der Waals surface area contributed by atoms with Crippen LogP contribution >= 0.6 is 0 Å². The average Bonchev–Trinajstić information content (AvgIpc) is 3.02. The lowest BCUT2D eigenvalue weighted by atomic mass is 9.92. The Morgan fingerprint density at radius 2 is 2.14 bits per heavy atom. The van der Waals surface area contributed by atoms with Crippen molar-refractivity contribution < 1.29 is 0 Å². The van der Waals surface area contributed by atoms with Gasteiger partial charge in [0, 0.05) is 6.54 Å². The Labute approximate surface area is 129 Å². The number of hydrogen-bond acceptors (Lipinski definition) is 3. The van der Waals surface area contributed by atoms with E-state index in [1.807, 2.05) is 7.05 Å². The summed E-state index contributed by atoms with van der Waals surface area (Å²) in [4.78, 5) is 2.55. The summed E-state index contributed by atoms with van der Waals surface area (Å²) in [6.07, 6.45) is 4.15. The van der Waals surface area contributed by atoms with E-state index in [1.54, 1.807) is 0 Å². The van der Waals surface area contributed by atoms with Crippen LogP contribution in [-0.4, -0.2) is 37.1 Å². The Morgan fingerprint density at radius 1 is 1.38 bits per heavy atom. The minimum Gasteiger partial charge on any atom is -0.303 e. The Bertz CT molecular complexity index is 459. The Morgan fingerprint density at radius 3 is 2.76 bits per heavy atom. The van der Waals surface area contributed by atoms with Gasteiger partial charge < -0.3 is 10.2 Å². The molecule has 1 aromatic carbocycles.